The maximum absolute atomic E-state index is 4.82. The molecule has 80 valence electrons. The third kappa shape index (κ3) is 2.59. The predicted octanol–water partition coefficient (Wildman–Crippen LogP) is 0.359. The van der Waals surface area contributed by atoms with Gasteiger partial charge in [0, 0.05) is 13.8 Å². The maximum Gasteiger partial charge on any atom is 0.223 e. The highest BCUT2D eigenvalue weighted by molar-refractivity contribution is 4.86. The first-order valence-corrected chi connectivity index (χ1v) is 4.53. The van der Waals surface area contributed by atoms with Crippen LogP contribution in [0.1, 0.15) is 23.4 Å². The Labute approximate surface area is 85.9 Å². The molecule has 7 heteroatoms. The van der Waals surface area contributed by atoms with E-state index in [2.05, 4.69) is 25.6 Å². The second-order valence-corrected chi connectivity index (χ2v) is 3.06. The molecule has 0 aliphatic carbocycles. The summed E-state index contributed by atoms with van der Waals surface area (Å²) in [7, 11) is 0. The highest BCUT2D eigenvalue weighted by atomic mass is 16.5. The summed E-state index contributed by atoms with van der Waals surface area (Å²) in [5.74, 6) is 2.35. The van der Waals surface area contributed by atoms with Crippen LogP contribution >= 0.6 is 0 Å². The molecule has 0 fully saturated rings. The van der Waals surface area contributed by atoms with Gasteiger partial charge < -0.3 is 14.4 Å². The zero-order valence-corrected chi connectivity index (χ0v) is 8.52. The van der Waals surface area contributed by atoms with E-state index in [1.165, 1.54) is 0 Å². The molecule has 0 atom stereocenters. The van der Waals surface area contributed by atoms with Crippen LogP contribution in [0, 0.1) is 13.8 Å². The van der Waals surface area contributed by atoms with Gasteiger partial charge in [0.15, 0.2) is 11.6 Å². The highest BCUT2D eigenvalue weighted by Gasteiger charge is 2.04. The van der Waals surface area contributed by atoms with E-state index in [0.717, 1.165) is 0 Å². The number of nitrogens with one attached hydrogen (secondary N) is 1. The molecule has 0 aromatic carbocycles. The van der Waals surface area contributed by atoms with Gasteiger partial charge in [-0.2, -0.15) is 9.97 Å². The molecule has 2 aromatic rings. The van der Waals surface area contributed by atoms with E-state index in [0.29, 0.717) is 36.5 Å². The van der Waals surface area contributed by atoms with Crippen LogP contribution in [0.4, 0.5) is 0 Å². The Morgan fingerprint density at radius 3 is 1.73 bits per heavy atom. The van der Waals surface area contributed by atoms with E-state index >= 15 is 0 Å². The molecule has 15 heavy (non-hydrogen) atoms. The molecular formula is C8H11N5O2. The van der Waals surface area contributed by atoms with Crippen molar-refractivity contribution in [2.45, 2.75) is 26.9 Å². The number of aryl methyl sites for hydroxylation is 2. The molecule has 0 bridgehead atoms. The minimum atomic E-state index is 0.519. The summed E-state index contributed by atoms with van der Waals surface area (Å²) >= 11 is 0. The molecule has 0 aliphatic heterocycles. The first kappa shape index (κ1) is 9.78. The monoisotopic (exact) mass is 209 g/mol. The predicted molar refractivity (Wildman–Crippen MR) is 48.6 cm³/mol. The fraction of sp³-hybridized carbons (Fsp3) is 0.500. The summed E-state index contributed by atoms with van der Waals surface area (Å²) in [6.45, 7) is 4.54. The van der Waals surface area contributed by atoms with E-state index in [1.807, 2.05) is 0 Å². The Morgan fingerprint density at radius 2 is 1.40 bits per heavy atom. The largest absolute Gasteiger partial charge is 0.340 e. The van der Waals surface area contributed by atoms with E-state index in [9.17, 15) is 0 Å². The van der Waals surface area contributed by atoms with Gasteiger partial charge in [-0.3, -0.25) is 0 Å². The molecule has 0 saturated carbocycles. The number of nitrogens with zero attached hydrogens (tertiary/aromatic N) is 4. The summed E-state index contributed by atoms with van der Waals surface area (Å²) in [5, 5.41) is 10.6. The van der Waals surface area contributed by atoms with Crippen molar-refractivity contribution in [1.82, 2.24) is 25.6 Å². The average molecular weight is 209 g/mol. The summed E-state index contributed by atoms with van der Waals surface area (Å²) in [4.78, 5) is 8.09. The Hall–Kier alpha value is -1.76. The van der Waals surface area contributed by atoms with Crippen molar-refractivity contribution < 1.29 is 9.05 Å². The normalized spacial score (nSPS) is 10.8. The summed E-state index contributed by atoms with van der Waals surface area (Å²) in [6, 6.07) is 0. The van der Waals surface area contributed by atoms with E-state index in [-0.39, 0.29) is 0 Å². The lowest BCUT2D eigenvalue weighted by Gasteiger charge is -1.95. The Bertz CT molecular complexity index is 395. The SMILES string of the molecule is Cc1nc(CNCc2noc(C)n2)no1. The van der Waals surface area contributed by atoms with Gasteiger partial charge in [0.2, 0.25) is 11.8 Å². The van der Waals surface area contributed by atoms with Crippen molar-refractivity contribution in [2.24, 2.45) is 0 Å². The van der Waals surface area contributed by atoms with Gasteiger partial charge in [-0.05, 0) is 0 Å². The Morgan fingerprint density at radius 1 is 0.933 bits per heavy atom. The summed E-state index contributed by atoms with van der Waals surface area (Å²) < 4.78 is 9.64. The summed E-state index contributed by atoms with van der Waals surface area (Å²) in [5.41, 5.74) is 0. The van der Waals surface area contributed by atoms with Gasteiger partial charge in [0.25, 0.3) is 0 Å². The van der Waals surface area contributed by atoms with Gasteiger partial charge >= 0.3 is 0 Å². The molecule has 1 N–H and O–H groups in total. The molecule has 0 unspecified atom stereocenters. The first-order valence-electron chi connectivity index (χ1n) is 4.53. The second kappa shape index (κ2) is 4.18. The Balaban J connectivity index is 1.80. The molecular weight excluding hydrogens is 198 g/mol. The van der Waals surface area contributed by atoms with Crippen molar-refractivity contribution >= 4 is 0 Å². The highest BCUT2D eigenvalue weighted by Crippen LogP contribution is 1.96. The number of aromatic nitrogens is 4. The van der Waals surface area contributed by atoms with E-state index in [4.69, 9.17) is 9.05 Å². The molecule has 7 nitrogen and oxygen atoms in total. The van der Waals surface area contributed by atoms with Crippen LogP contribution in [0.3, 0.4) is 0 Å². The molecule has 2 rings (SSSR count). The minimum absolute atomic E-state index is 0.519. The van der Waals surface area contributed by atoms with Crippen LogP contribution in [0.2, 0.25) is 0 Å². The standard InChI is InChI=1S/C8H11N5O2/c1-5-10-7(12-14-5)3-9-4-8-11-6(2)15-13-8/h9H,3-4H2,1-2H3. The van der Waals surface area contributed by atoms with Crippen LogP contribution in [-0.4, -0.2) is 20.3 Å². The molecule has 0 aliphatic rings. The summed E-state index contributed by atoms with van der Waals surface area (Å²) in [6.07, 6.45) is 0. The number of hydrogen-bond acceptors (Lipinski definition) is 7. The number of hydrogen-bond donors (Lipinski definition) is 1. The van der Waals surface area contributed by atoms with Crippen LogP contribution in [0.15, 0.2) is 9.05 Å². The average Bonchev–Trinajstić information content (AvgIpc) is 2.76. The Kier molecular flexibility index (Phi) is 2.72. The van der Waals surface area contributed by atoms with E-state index < -0.39 is 0 Å². The topological polar surface area (TPSA) is 89.9 Å². The first-order chi connectivity index (χ1) is 7.24. The lowest BCUT2D eigenvalue weighted by molar-refractivity contribution is 0.381. The van der Waals surface area contributed by atoms with Crippen molar-refractivity contribution in [1.29, 1.82) is 0 Å². The van der Waals surface area contributed by atoms with Gasteiger partial charge in [-0.15, -0.1) is 0 Å². The smallest absolute Gasteiger partial charge is 0.223 e. The fourth-order valence-electron chi connectivity index (χ4n) is 1.11. The molecule has 2 heterocycles. The number of rotatable bonds is 4. The van der Waals surface area contributed by atoms with Crippen LogP contribution in [-0.2, 0) is 13.1 Å². The maximum atomic E-state index is 4.82. The van der Waals surface area contributed by atoms with Crippen LogP contribution in [0.25, 0.3) is 0 Å². The lowest BCUT2D eigenvalue weighted by atomic mass is 10.5. The van der Waals surface area contributed by atoms with Crippen molar-refractivity contribution in [3.8, 4) is 0 Å². The van der Waals surface area contributed by atoms with Gasteiger partial charge in [-0.25, -0.2) is 0 Å². The van der Waals surface area contributed by atoms with E-state index in [1.54, 1.807) is 13.8 Å². The zero-order valence-electron chi connectivity index (χ0n) is 8.52. The van der Waals surface area contributed by atoms with Gasteiger partial charge in [-0.1, -0.05) is 10.3 Å². The lowest BCUT2D eigenvalue weighted by Crippen LogP contribution is -2.14. The molecule has 0 spiro atoms. The molecule has 2 aromatic heterocycles. The van der Waals surface area contributed by atoms with Crippen LogP contribution < -0.4 is 5.32 Å². The molecule has 0 amide bonds. The van der Waals surface area contributed by atoms with Crippen molar-refractivity contribution in [2.75, 3.05) is 0 Å². The van der Waals surface area contributed by atoms with Crippen molar-refractivity contribution in [3.63, 3.8) is 0 Å². The molecule has 0 radical (unpaired) electrons. The van der Waals surface area contributed by atoms with Crippen LogP contribution in [0.5, 0.6) is 0 Å². The van der Waals surface area contributed by atoms with Gasteiger partial charge in [0.1, 0.15) is 0 Å². The zero-order chi connectivity index (χ0) is 10.7. The third-order valence-electron chi connectivity index (χ3n) is 1.71. The molecule has 0 saturated heterocycles. The van der Waals surface area contributed by atoms with Crippen molar-refractivity contribution in [3.05, 3.63) is 23.4 Å². The van der Waals surface area contributed by atoms with Gasteiger partial charge in [0.05, 0.1) is 13.1 Å². The second-order valence-electron chi connectivity index (χ2n) is 3.06. The minimum Gasteiger partial charge on any atom is -0.340 e. The fourth-order valence-corrected chi connectivity index (χ4v) is 1.11. The quantitative estimate of drug-likeness (QED) is 0.777. The third-order valence-corrected chi connectivity index (χ3v) is 1.71.